The fraction of sp³-hybridized carbons (Fsp3) is 0.429. The first-order chi connectivity index (χ1) is 8.95. The van der Waals surface area contributed by atoms with Gasteiger partial charge >= 0.3 is 5.76 Å². The molecule has 1 aromatic carbocycles. The molecule has 0 fully saturated rings. The topological polar surface area (TPSA) is 72.4 Å². The first-order valence-electron chi connectivity index (χ1n) is 6.20. The van der Waals surface area contributed by atoms with Gasteiger partial charge in [0.2, 0.25) is 0 Å². The summed E-state index contributed by atoms with van der Waals surface area (Å²) in [7, 11) is 1.61. The van der Waals surface area contributed by atoms with E-state index in [-0.39, 0.29) is 18.3 Å². The summed E-state index contributed by atoms with van der Waals surface area (Å²) < 4.78 is 6.44. The maximum atomic E-state index is 12.3. The van der Waals surface area contributed by atoms with Crippen LogP contribution in [0.2, 0.25) is 0 Å². The number of fused-ring (bicyclic) bond motifs is 1. The lowest BCUT2D eigenvalue weighted by atomic mass is 9.88. The minimum absolute atomic E-state index is 0.0518. The van der Waals surface area contributed by atoms with Crippen LogP contribution in [-0.2, 0) is 7.05 Å². The monoisotopic (exact) mass is 263 g/mol. The van der Waals surface area contributed by atoms with E-state index in [1.807, 2.05) is 13.8 Å². The van der Waals surface area contributed by atoms with Gasteiger partial charge in [0.15, 0.2) is 11.4 Å². The van der Waals surface area contributed by atoms with Gasteiger partial charge in [0.1, 0.15) is 0 Å². The van der Waals surface area contributed by atoms with Crippen LogP contribution in [0, 0.1) is 11.8 Å². The number of aliphatic hydroxyl groups is 1. The highest BCUT2D eigenvalue weighted by Crippen LogP contribution is 2.20. The molecule has 5 nitrogen and oxygen atoms in total. The molecular weight excluding hydrogens is 246 g/mol. The predicted molar refractivity (Wildman–Crippen MR) is 71.2 cm³/mol. The number of aryl methyl sites for hydroxylation is 1. The Morgan fingerprint density at radius 1 is 1.42 bits per heavy atom. The molecule has 19 heavy (non-hydrogen) atoms. The molecule has 0 radical (unpaired) electrons. The lowest BCUT2D eigenvalue weighted by Crippen LogP contribution is -2.24. The number of carbonyl (C=O) groups is 1. The van der Waals surface area contributed by atoms with Crippen LogP contribution in [0.1, 0.15) is 24.2 Å². The maximum absolute atomic E-state index is 12.3. The first kappa shape index (κ1) is 13.5. The van der Waals surface area contributed by atoms with Crippen LogP contribution in [-0.4, -0.2) is 22.1 Å². The highest BCUT2D eigenvalue weighted by Gasteiger charge is 2.23. The fourth-order valence-electron chi connectivity index (χ4n) is 2.10. The molecule has 0 aliphatic heterocycles. The van der Waals surface area contributed by atoms with Crippen LogP contribution in [0.25, 0.3) is 11.1 Å². The van der Waals surface area contributed by atoms with E-state index in [4.69, 9.17) is 4.42 Å². The number of rotatable bonds is 4. The largest absolute Gasteiger partial charge is 0.419 e. The number of benzene rings is 1. The van der Waals surface area contributed by atoms with E-state index in [0.717, 1.165) is 0 Å². The lowest BCUT2D eigenvalue weighted by molar-refractivity contribution is 0.0807. The second-order valence-corrected chi connectivity index (χ2v) is 5.01. The van der Waals surface area contributed by atoms with Crippen LogP contribution in [0.15, 0.2) is 27.4 Å². The van der Waals surface area contributed by atoms with Crippen molar-refractivity contribution in [3.63, 3.8) is 0 Å². The first-order valence-corrected chi connectivity index (χ1v) is 6.20. The molecule has 1 atom stereocenters. The molecule has 1 N–H and O–H groups in total. The molecule has 0 spiro atoms. The standard InChI is InChI=1S/C14H17NO4/c1-8(2)10(7-16)13(17)9-4-5-11-12(6-9)19-14(18)15(11)3/h4-6,8,10,16H,7H2,1-3H3. The van der Waals surface area contributed by atoms with Crippen LogP contribution in [0.5, 0.6) is 0 Å². The third-order valence-electron chi connectivity index (χ3n) is 3.42. The molecular formula is C14H17NO4. The summed E-state index contributed by atoms with van der Waals surface area (Å²) in [5.41, 5.74) is 1.49. The molecule has 0 saturated heterocycles. The van der Waals surface area contributed by atoms with Gasteiger partial charge < -0.3 is 9.52 Å². The summed E-state index contributed by atoms with van der Waals surface area (Å²) in [6, 6.07) is 4.90. The van der Waals surface area contributed by atoms with Crippen molar-refractivity contribution < 1.29 is 14.3 Å². The number of hydrogen-bond donors (Lipinski definition) is 1. The van der Waals surface area contributed by atoms with Crippen LogP contribution < -0.4 is 5.76 Å². The maximum Gasteiger partial charge on any atom is 0.419 e. The summed E-state index contributed by atoms with van der Waals surface area (Å²) in [6.07, 6.45) is 0. The highest BCUT2D eigenvalue weighted by atomic mass is 16.4. The minimum atomic E-state index is -0.456. The van der Waals surface area contributed by atoms with Crippen molar-refractivity contribution in [2.45, 2.75) is 13.8 Å². The molecule has 0 aliphatic carbocycles. The van der Waals surface area contributed by atoms with Crippen molar-refractivity contribution in [2.75, 3.05) is 6.61 Å². The molecule has 2 aromatic rings. The van der Waals surface area contributed by atoms with Crippen LogP contribution >= 0.6 is 0 Å². The Kier molecular flexibility index (Phi) is 3.57. The Morgan fingerprint density at radius 2 is 2.11 bits per heavy atom. The van der Waals surface area contributed by atoms with Gasteiger partial charge in [-0.15, -0.1) is 0 Å². The number of hydrogen-bond acceptors (Lipinski definition) is 4. The second-order valence-electron chi connectivity index (χ2n) is 5.01. The molecule has 1 aromatic heterocycles. The zero-order chi connectivity index (χ0) is 14.2. The number of Topliss-reactive ketones (excluding diaryl/α,β-unsaturated/α-hetero) is 1. The van der Waals surface area contributed by atoms with E-state index in [2.05, 4.69) is 0 Å². The molecule has 5 heteroatoms. The van der Waals surface area contributed by atoms with Gasteiger partial charge in [-0.05, 0) is 24.1 Å². The molecule has 1 unspecified atom stereocenters. The molecule has 1 heterocycles. The van der Waals surface area contributed by atoms with Gasteiger partial charge in [-0.3, -0.25) is 9.36 Å². The van der Waals surface area contributed by atoms with Gasteiger partial charge in [-0.2, -0.15) is 0 Å². The number of aliphatic hydroxyl groups excluding tert-OH is 1. The number of ketones is 1. The average Bonchev–Trinajstić information content (AvgIpc) is 2.65. The van der Waals surface area contributed by atoms with Crippen molar-refractivity contribution in [2.24, 2.45) is 18.9 Å². The molecule has 102 valence electrons. The number of oxazole rings is 1. The lowest BCUT2D eigenvalue weighted by Gasteiger charge is -2.16. The van der Waals surface area contributed by atoms with Gasteiger partial charge in [-0.1, -0.05) is 13.8 Å². The van der Waals surface area contributed by atoms with E-state index >= 15 is 0 Å². The summed E-state index contributed by atoms with van der Waals surface area (Å²) in [4.78, 5) is 23.7. The predicted octanol–water partition coefficient (Wildman–Crippen LogP) is 1.58. The van der Waals surface area contributed by atoms with Crippen molar-refractivity contribution >= 4 is 16.9 Å². The molecule has 0 aliphatic rings. The Balaban J connectivity index is 2.46. The van der Waals surface area contributed by atoms with Crippen molar-refractivity contribution in [3.05, 3.63) is 34.3 Å². The molecule has 0 bridgehead atoms. The van der Waals surface area contributed by atoms with E-state index in [1.165, 1.54) is 4.57 Å². The van der Waals surface area contributed by atoms with Gasteiger partial charge in [-0.25, -0.2) is 4.79 Å². The fourth-order valence-corrected chi connectivity index (χ4v) is 2.10. The van der Waals surface area contributed by atoms with E-state index in [0.29, 0.717) is 16.7 Å². The second kappa shape index (κ2) is 5.01. The summed E-state index contributed by atoms with van der Waals surface area (Å²) in [5.74, 6) is -0.975. The Morgan fingerprint density at radius 3 is 2.68 bits per heavy atom. The SMILES string of the molecule is CC(C)C(CO)C(=O)c1ccc2c(c1)oc(=O)n2C. The van der Waals surface area contributed by atoms with Crippen LogP contribution in [0.4, 0.5) is 0 Å². The molecule has 0 saturated carbocycles. The highest BCUT2D eigenvalue weighted by molar-refractivity contribution is 6.00. The van der Waals surface area contributed by atoms with Crippen LogP contribution in [0.3, 0.4) is 0 Å². The third kappa shape index (κ3) is 2.33. The normalized spacial score (nSPS) is 13.1. The Labute approximate surface area is 110 Å². The zero-order valence-corrected chi connectivity index (χ0v) is 11.2. The summed E-state index contributed by atoms with van der Waals surface area (Å²) in [6.45, 7) is 3.59. The Bertz CT molecular complexity index is 666. The van der Waals surface area contributed by atoms with E-state index in [9.17, 15) is 14.7 Å². The average molecular weight is 263 g/mol. The number of carbonyl (C=O) groups excluding carboxylic acids is 1. The summed E-state index contributed by atoms with van der Waals surface area (Å²) in [5, 5.41) is 9.29. The Hall–Kier alpha value is -1.88. The van der Waals surface area contributed by atoms with Crippen molar-refractivity contribution in [1.29, 1.82) is 0 Å². The van der Waals surface area contributed by atoms with E-state index in [1.54, 1.807) is 25.2 Å². The van der Waals surface area contributed by atoms with Crippen molar-refractivity contribution in [3.8, 4) is 0 Å². The number of aromatic nitrogens is 1. The van der Waals surface area contributed by atoms with Gasteiger partial charge in [0.05, 0.1) is 12.1 Å². The zero-order valence-electron chi connectivity index (χ0n) is 11.2. The minimum Gasteiger partial charge on any atom is -0.408 e. The van der Waals surface area contributed by atoms with E-state index < -0.39 is 11.7 Å². The number of nitrogens with zero attached hydrogens (tertiary/aromatic N) is 1. The van der Waals surface area contributed by atoms with Gasteiger partial charge in [0, 0.05) is 18.5 Å². The third-order valence-corrected chi connectivity index (χ3v) is 3.42. The van der Waals surface area contributed by atoms with Gasteiger partial charge in [0.25, 0.3) is 0 Å². The quantitative estimate of drug-likeness (QED) is 0.850. The van der Waals surface area contributed by atoms with Crippen molar-refractivity contribution in [1.82, 2.24) is 4.57 Å². The smallest absolute Gasteiger partial charge is 0.408 e. The molecule has 0 amide bonds. The summed E-state index contributed by atoms with van der Waals surface area (Å²) >= 11 is 0. The molecule has 2 rings (SSSR count).